The highest BCUT2D eigenvalue weighted by Crippen LogP contribution is 2.28. The van der Waals surface area contributed by atoms with Gasteiger partial charge in [0.05, 0.1) is 26.5 Å². The molecule has 0 saturated carbocycles. The first-order valence-electron chi connectivity index (χ1n) is 8.34. The third-order valence-electron chi connectivity index (χ3n) is 3.98. The largest absolute Gasteiger partial charge is 0.497 e. The molecule has 0 aliphatic heterocycles. The molecule has 134 valence electrons. The van der Waals surface area contributed by atoms with Gasteiger partial charge < -0.3 is 14.8 Å². The summed E-state index contributed by atoms with van der Waals surface area (Å²) in [6, 6.07) is 13.8. The molecule has 5 heteroatoms. The van der Waals surface area contributed by atoms with Crippen LogP contribution in [0.5, 0.6) is 11.5 Å². The molecule has 2 rings (SSSR count). The number of carbonyl (C=O) groups is 1. The Morgan fingerprint density at radius 1 is 1.04 bits per heavy atom. The van der Waals surface area contributed by atoms with E-state index in [0.29, 0.717) is 23.7 Å². The van der Waals surface area contributed by atoms with Crippen molar-refractivity contribution in [1.82, 2.24) is 4.90 Å². The predicted octanol–water partition coefficient (Wildman–Crippen LogP) is 3.34. The van der Waals surface area contributed by atoms with Crippen LogP contribution in [-0.2, 0) is 17.8 Å². The smallest absolute Gasteiger partial charge is 0.238 e. The van der Waals surface area contributed by atoms with Crippen LogP contribution in [0.1, 0.15) is 18.1 Å². The number of nitrogens with zero attached hydrogens (tertiary/aromatic N) is 1. The molecule has 0 unspecified atom stereocenters. The second-order valence-corrected chi connectivity index (χ2v) is 5.96. The van der Waals surface area contributed by atoms with E-state index in [1.807, 2.05) is 11.9 Å². The minimum Gasteiger partial charge on any atom is -0.497 e. The van der Waals surface area contributed by atoms with Gasteiger partial charge in [-0.3, -0.25) is 9.69 Å². The van der Waals surface area contributed by atoms with Crippen LogP contribution in [0.25, 0.3) is 0 Å². The highest BCUT2D eigenvalue weighted by molar-refractivity contribution is 5.93. The molecule has 0 saturated heterocycles. The fourth-order valence-electron chi connectivity index (χ4n) is 2.59. The number of nitrogens with one attached hydrogen (secondary N) is 1. The number of methoxy groups -OCH3 is 2. The molecule has 5 nitrogen and oxygen atoms in total. The molecule has 0 aliphatic carbocycles. The van der Waals surface area contributed by atoms with Gasteiger partial charge in [0.2, 0.25) is 5.91 Å². The summed E-state index contributed by atoms with van der Waals surface area (Å²) < 4.78 is 10.5. The highest BCUT2D eigenvalue weighted by Gasteiger charge is 2.11. The zero-order chi connectivity index (χ0) is 18.2. The Labute approximate surface area is 149 Å². The van der Waals surface area contributed by atoms with Crippen LogP contribution in [0, 0.1) is 0 Å². The quantitative estimate of drug-likeness (QED) is 0.799. The number of benzene rings is 2. The maximum atomic E-state index is 12.3. The van der Waals surface area contributed by atoms with E-state index in [4.69, 9.17) is 9.47 Å². The van der Waals surface area contributed by atoms with Gasteiger partial charge in [0.15, 0.2) is 0 Å². The van der Waals surface area contributed by atoms with Crippen LogP contribution in [0.4, 0.5) is 5.69 Å². The van der Waals surface area contributed by atoms with Crippen molar-refractivity contribution < 1.29 is 14.3 Å². The van der Waals surface area contributed by atoms with Crippen molar-refractivity contribution in [3.63, 3.8) is 0 Å². The minimum atomic E-state index is -0.0979. The zero-order valence-corrected chi connectivity index (χ0v) is 15.3. The SMILES string of the molecule is CCc1ccc(CN(C)CC(=O)Nc2cc(OC)ccc2OC)cc1. The van der Waals surface area contributed by atoms with Crippen LogP contribution in [0.2, 0.25) is 0 Å². The maximum Gasteiger partial charge on any atom is 0.238 e. The van der Waals surface area contributed by atoms with Crippen molar-refractivity contribution in [2.75, 3.05) is 33.1 Å². The second kappa shape index (κ2) is 9.08. The third kappa shape index (κ3) is 5.50. The van der Waals surface area contributed by atoms with E-state index in [-0.39, 0.29) is 12.5 Å². The lowest BCUT2D eigenvalue weighted by molar-refractivity contribution is -0.117. The molecule has 1 amide bonds. The Balaban J connectivity index is 1.94. The average molecular weight is 342 g/mol. The van der Waals surface area contributed by atoms with Gasteiger partial charge in [0.25, 0.3) is 0 Å². The van der Waals surface area contributed by atoms with Gasteiger partial charge in [-0.25, -0.2) is 0 Å². The predicted molar refractivity (Wildman–Crippen MR) is 100 cm³/mol. The van der Waals surface area contributed by atoms with Gasteiger partial charge in [0.1, 0.15) is 11.5 Å². The molecule has 0 aliphatic rings. The topological polar surface area (TPSA) is 50.8 Å². The van der Waals surface area contributed by atoms with Crippen molar-refractivity contribution in [2.45, 2.75) is 19.9 Å². The number of likely N-dealkylation sites (N-methyl/N-ethyl adjacent to an activating group) is 1. The summed E-state index contributed by atoms with van der Waals surface area (Å²) in [5, 5.41) is 2.89. The number of rotatable bonds is 8. The molecule has 2 aromatic carbocycles. The lowest BCUT2D eigenvalue weighted by Gasteiger charge is -2.17. The lowest BCUT2D eigenvalue weighted by atomic mass is 10.1. The van der Waals surface area contributed by atoms with Crippen LogP contribution in [-0.4, -0.2) is 38.6 Å². The van der Waals surface area contributed by atoms with Crippen molar-refractivity contribution in [3.05, 3.63) is 53.6 Å². The summed E-state index contributed by atoms with van der Waals surface area (Å²) in [4.78, 5) is 14.3. The van der Waals surface area contributed by atoms with E-state index in [2.05, 4.69) is 36.5 Å². The Kier molecular flexibility index (Phi) is 6.83. The van der Waals surface area contributed by atoms with E-state index in [1.165, 1.54) is 11.1 Å². The van der Waals surface area contributed by atoms with E-state index < -0.39 is 0 Å². The molecule has 0 aromatic heterocycles. The first-order valence-corrected chi connectivity index (χ1v) is 8.34. The van der Waals surface area contributed by atoms with Crippen molar-refractivity contribution >= 4 is 11.6 Å². The van der Waals surface area contributed by atoms with Crippen molar-refractivity contribution in [1.29, 1.82) is 0 Å². The standard InChI is InChI=1S/C20H26N2O3/c1-5-15-6-8-16(9-7-15)13-22(2)14-20(23)21-18-12-17(24-3)10-11-19(18)25-4/h6-12H,5,13-14H2,1-4H3,(H,21,23). The second-order valence-electron chi connectivity index (χ2n) is 5.96. The van der Waals surface area contributed by atoms with Crippen LogP contribution in [0.3, 0.4) is 0 Å². The normalized spacial score (nSPS) is 10.6. The van der Waals surface area contributed by atoms with Crippen molar-refractivity contribution in [3.8, 4) is 11.5 Å². The van der Waals surface area contributed by atoms with Gasteiger partial charge in [-0.2, -0.15) is 0 Å². The van der Waals surface area contributed by atoms with Gasteiger partial charge in [-0.05, 0) is 36.7 Å². The number of amides is 1. The Morgan fingerprint density at radius 2 is 1.72 bits per heavy atom. The summed E-state index contributed by atoms with van der Waals surface area (Å²) >= 11 is 0. The third-order valence-corrected chi connectivity index (χ3v) is 3.98. The molecular formula is C20H26N2O3. The number of hydrogen-bond donors (Lipinski definition) is 1. The molecule has 0 fully saturated rings. The summed E-state index contributed by atoms with van der Waals surface area (Å²) in [6.07, 6.45) is 1.03. The molecule has 0 spiro atoms. The Morgan fingerprint density at radius 3 is 2.32 bits per heavy atom. The molecular weight excluding hydrogens is 316 g/mol. The maximum absolute atomic E-state index is 12.3. The molecule has 0 atom stereocenters. The van der Waals surface area contributed by atoms with Gasteiger partial charge in [-0.1, -0.05) is 31.2 Å². The van der Waals surface area contributed by atoms with E-state index in [0.717, 1.165) is 6.42 Å². The Hall–Kier alpha value is -2.53. The zero-order valence-electron chi connectivity index (χ0n) is 15.3. The number of anilines is 1. The molecule has 0 bridgehead atoms. The molecule has 2 aromatic rings. The number of aryl methyl sites for hydroxylation is 1. The molecule has 0 heterocycles. The fourth-order valence-corrected chi connectivity index (χ4v) is 2.59. The Bertz CT molecular complexity index is 699. The minimum absolute atomic E-state index is 0.0979. The summed E-state index contributed by atoms with van der Waals surface area (Å²) in [5.41, 5.74) is 3.10. The summed E-state index contributed by atoms with van der Waals surface area (Å²) in [6.45, 7) is 3.14. The lowest BCUT2D eigenvalue weighted by Crippen LogP contribution is -2.30. The molecule has 0 radical (unpaired) electrons. The van der Waals surface area contributed by atoms with E-state index >= 15 is 0 Å². The van der Waals surface area contributed by atoms with Gasteiger partial charge in [0, 0.05) is 12.6 Å². The first-order chi connectivity index (χ1) is 12.0. The van der Waals surface area contributed by atoms with E-state index in [9.17, 15) is 4.79 Å². The van der Waals surface area contributed by atoms with Crippen LogP contribution >= 0.6 is 0 Å². The number of hydrogen-bond acceptors (Lipinski definition) is 4. The van der Waals surface area contributed by atoms with Crippen LogP contribution in [0.15, 0.2) is 42.5 Å². The van der Waals surface area contributed by atoms with E-state index in [1.54, 1.807) is 32.4 Å². The molecule has 1 N–H and O–H groups in total. The number of ether oxygens (including phenoxy) is 2. The summed E-state index contributed by atoms with van der Waals surface area (Å²) in [7, 11) is 5.09. The van der Waals surface area contributed by atoms with Gasteiger partial charge >= 0.3 is 0 Å². The summed E-state index contributed by atoms with van der Waals surface area (Å²) in [5.74, 6) is 1.17. The highest BCUT2D eigenvalue weighted by atomic mass is 16.5. The van der Waals surface area contributed by atoms with Crippen LogP contribution < -0.4 is 14.8 Å². The monoisotopic (exact) mass is 342 g/mol. The average Bonchev–Trinajstić information content (AvgIpc) is 2.62. The fraction of sp³-hybridized carbons (Fsp3) is 0.350. The molecule has 25 heavy (non-hydrogen) atoms. The first kappa shape index (κ1) is 18.8. The van der Waals surface area contributed by atoms with Crippen molar-refractivity contribution in [2.24, 2.45) is 0 Å². The van der Waals surface area contributed by atoms with Gasteiger partial charge in [-0.15, -0.1) is 0 Å². The number of carbonyl (C=O) groups excluding carboxylic acids is 1.